The standard InChI is InChI=1S/C16H13N5O4S/c1-24-12-4-3-9(14(22)25-2)5-10(12)8-26-15-19-13-11(6-17)7-18-21(13)16(23)20-15/h3-5,7H,8H2,1-2H3,(H,19,20,23). The average molecular weight is 371 g/mol. The second-order valence-corrected chi connectivity index (χ2v) is 6.02. The van der Waals surface area contributed by atoms with Gasteiger partial charge in [-0.05, 0) is 18.2 Å². The summed E-state index contributed by atoms with van der Waals surface area (Å²) in [5.74, 6) is 0.517. The molecule has 0 saturated carbocycles. The van der Waals surface area contributed by atoms with Crippen LogP contribution in [0.2, 0.25) is 0 Å². The fourth-order valence-electron chi connectivity index (χ4n) is 2.30. The molecule has 10 heteroatoms. The van der Waals surface area contributed by atoms with Gasteiger partial charge in [-0.2, -0.15) is 14.9 Å². The minimum Gasteiger partial charge on any atom is -0.496 e. The lowest BCUT2D eigenvalue weighted by molar-refractivity contribution is 0.0600. The van der Waals surface area contributed by atoms with Crippen LogP contribution in [0.25, 0.3) is 5.65 Å². The minimum atomic E-state index is -0.491. The van der Waals surface area contributed by atoms with Crippen LogP contribution in [-0.2, 0) is 10.5 Å². The van der Waals surface area contributed by atoms with Crippen LogP contribution in [0.4, 0.5) is 0 Å². The zero-order valence-corrected chi connectivity index (χ0v) is 14.7. The number of hydrogen-bond donors (Lipinski definition) is 1. The van der Waals surface area contributed by atoms with E-state index in [0.29, 0.717) is 22.2 Å². The van der Waals surface area contributed by atoms with Crippen molar-refractivity contribution in [3.8, 4) is 11.8 Å². The van der Waals surface area contributed by atoms with Gasteiger partial charge >= 0.3 is 11.7 Å². The first-order valence-electron chi connectivity index (χ1n) is 7.33. The Hall–Kier alpha value is -3.32. The van der Waals surface area contributed by atoms with E-state index in [9.17, 15) is 9.59 Å². The molecule has 0 bridgehead atoms. The number of benzene rings is 1. The summed E-state index contributed by atoms with van der Waals surface area (Å²) in [6.45, 7) is 0. The number of nitrogens with one attached hydrogen (secondary N) is 1. The predicted octanol–water partition coefficient (Wildman–Crippen LogP) is 1.38. The molecule has 0 saturated heterocycles. The number of thioether (sulfide) groups is 1. The van der Waals surface area contributed by atoms with Crippen LogP contribution in [0.5, 0.6) is 5.75 Å². The number of H-pyrrole nitrogens is 1. The van der Waals surface area contributed by atoms with E-state index < -0.39 is 11.7 Å². The van der Waals surface area contributed by atoms with Crippen molar-refractivity contribution >= 4 is 23.4 Å². The second kappa shape index (κ2) is 7.28. The van der Waals surface area contributed by atoms with Crippen LogP contribution in [0.3, 0.4) is 0 Å². The zero-order valence-electron chi connectivity index (χ0n) is 13.8. The number of nitriles is 1. The van der Waals surface area contributed by atoms with Crippen molar-refractivity contribution < 1.29 is 14.3 Å². The average Bonchev–Trinajstić information content (AvgIpc) is 3.09. The summed E-state index contributed by atoms with van der Waals surface area (Å²) >= 11 is 1.23. The Labute approximate surface area is 151 Å². The molecule has 0 unspecified atom stereocenters. The number of hydrogen-bond acceptors (Lipinski definition) is 8. The highest BCUT2D eigenvalue weighted by Gasteiger charge is 2.13. The van der Waals surface area contributed by atoms with E-state index in [-0.39, 0.29) is 11.2 Å². The van der Waals surface area contributed by atoms with Gasteiger partial charge in [0.05, 0.1) is 26.0 Å². The molecule has 0 aliphatic rings. The number of esters is 1. The molecule has 26 heavy (non-hydrogen) atoms. The molecule has 3 rings (SSSR count). The summed E-state index contributed by atoms with van der Waals surface area (Å²) in [4.78, 5) is 30.6. The Balaban J connectivity index is 1.91. The number of carbonyl (C=O) groups excluding carboxylic acids is 1. The SMILES string of the molecule is COC(=O)c1ccc(OC)c(CSc2nc3c(C#N)cnn3c(=O)[nH]2)c1. The molecule has 2 aromatic heterocycles. The van der Waals surface area contributed by atoms with E-state index in [1.165, 1.54) is 32.2 Å². The van der Waals surface area contributed by atoms with Crippen molar-refractivity contribution in [2.75, 3.05) is 14.2 Å². The molecule has 0 atom stereocenters. The maximum Gasteiger partial charge on any atom is 0.350 e. The molecule has 0 amide bonds. The second-order valence-electron chi connectivity index (χ2n) is 5.06. The summed E-state index contributed by atoms with van der Waals surface area (Å²) in [7, 11) is 2.84. The number of carbonyl (C=O) groups is 1. The molecule has 3 aromatic rings. The van der Waals surface area contributed by atoms with E-state index in [1.807, 2.05) is 6.07 Å². The van der Waals surface area contributed by atoms with Crippen LogP contribution < -0.4 is 10.4 Å². The van der Waals surface area contributed by atoms with Gasteiger partial charge in [-0.15, -0.1) is 0 Å². The Morgan fingerprint density at radius 2 is 2.23 bits per heavy atom. The van der Waals surface area contributed by atoms with E-state index >= 15 is 0 Å². The molecule has 1 N–H and O–H groups in total. The Morgan fingerprint density at radius 1 is 1.42 bits per heavy atom. The third-order valence-electron chi connectivity index (χ3n) is 3.54. The van der Waals surface area contributed by atoms with E-state index in [2.05, 4.69) is 15.1 Å². The van der Waals surface area contributed by atoms with Crippen molar-refractivity contribution in [2.45, 2.75) is 10.9 Å². The van der Waals surface area contributed by atoms with E-state index in [0.717, 1.165) is 10.1 Å². The molecule has 0 aliphatic heterocycles. The van der Waals surface area contributed by atoms with Gasteiger partial charge in [0, 0.05) is 11.3 Å². The number of rotatable bonds is 5. The fraction of sp³-hybridized carbons (Fsp3) is 0.188. The van der Waals surface area contributed by atoms with Crippen molar-refractivity contribution in [3.05, 3.63) is 51.6 Å². The number of ether oxygens (including phenoxy) is 2. The molecular formula is C16H13N5O4S. The number of methoxy groups -OCH3 is 2. The highest BCUT2D eigenvalue weighted by molar-refractivity contribution is 7.98. The molecule has 0 spiro atoms. The van der Waals surface area contributed by atoms with Gasteiger partial charge in [0.25, 0.3) is 0 Å². The molecule has 0 aliphatic carbocycles. The molecule has 132 valence electrons. The fourth-order valence-corrected chi connectivity index (χ4v) is 3.12. The lowest BCUT2D eigenvalue weighted by Crippen LogP contribution is -2.19. The number of fused-ring (bicyclic) bond motifs is 1. The first kappa shape index (κ1) is 17.5. The molecule has 1 aromatic carbocycles. The van der Waals surface area contributed by atoms with Gasteiger partial charge in [-0.25, -0.2) is 14.6 Å². The highest BCUT2D eigenvalue weighted by Crippen LogP contribution is 2.27. The largest absolute Gasteiger partial charge is 0.496 e. The lowest BCUT2D eigenvalue weighted by Gasteiger charge is -2.09. The van der Waals surface area contributed by atoms with Crippen LogP contribution >= 0.6 is 11.8 Å². The monoisotopic (exact) mass is 371 g/mol. The van der Waals surface area contributed by atoms with Crippen LogP contribution in [0.1, 0.15) is 21.5 Å². The maximum atomic E-state index is 12.0. The Kier molecular flexibility index (Phi) is 4.90. The maximum absolute atomic E-state index is 12.0. The van der Waals surface area contributed by atoms with Crippen LogP contribution in [0.15, 0.2) is 34.3 Å². The van der Waals surface area contributed by atoms with E-state index in [1.54, 1.807) is 18.2 Å². The molecule has 0 fully saturated rings. The van der Waals surface area contributed by atoms with Gasteiger partial charge in [-0.1, -0.05) is 11.8 Å². The zero-order chi connectivity index (χ0) is 18.7. The van der Waals surface area contributed by atoms with Crippen LogP contribution in [0, 0.1) is 11.3 Å². The van der Waals surface area contributed by atoms with E-state index in [4.69, 9.17) is 14.7 Å². The first-order valence-corrected chi connectivity index (χ1v) is 8.32. The molecule has 9 nitrogen and oxygen atoms in total. The summed E-state index contributed by atoms with van der Waals surface area (Å²) in [6, 6.07) is 6.88. The van der Waals surface area contributed by atoms with Gasteiger partial charge in [-0.3, -0.25) is 4.98 Å². The van der Waals surface area contributed by atoms with Crippen molar-refractivity contribution in [1.82, 2.24) is 19.6 Å². The minimum absolute atomic E-state index is 0.189. The topological polar surface area (TPSA) is 122 Å². The third-order valence-corrected chi connectivity index (χ3v) is 4.47. The van der Waals surface area contributed by atoms with Crippen LogP contribution in [-0.4, -0.2) is 39.8 Å². The molecule has 0 radical (unpaired) electrons. The number of aromatic amines is 1. The van der Waals surface area contributed by atoms with Gasteiger partial charge in [0.15, 0.2) is 10.8 Å². The van der Waals surface area contributed by atoms with Crippen molar-refractivity contribution in [3.63, 3.8) is 0 Å². The third kappa shape index (κ3) is 3.25. The smallest absolute Gasteiger partial charge is 0.350 e. The highest BCUT2D eigenvalue weighted by atomic mass is 32.2. The predicted molar refractivity (Wildman–Crippen MR) is 92.2 cm³/mol. The molecule has 2 heterocycles. The van der Waals surface area contributed by atoms with Crippen molar-refractivity contribution in [1.29, 1.82) is 5.26 Å². The number of aromatic nitrogens is 4. The summed E-state index contributed by atoms with van der Waals surface area (Å²) in [5, 5.41) is 13.2. The Bertz CT molecular complexity index is 1080. The lowest BCUT2D eigenvalue weighted by atomic mass is 10.1. The summed E-state index contributed by atoms with van der Waals surface area (Å²) in [6.07, 6.45) is 1.29. The summed E-state index contributed by atoms with van der Waals surface area (Å²) in [5.41, 5.74) is 1.03. The van der Waals surface area contributed by atoms with Crippen molar-refractivity contribution in [2.24, 2.45) is 0 Å². The Morgan fingerprint density at radius 3 is 2.92 bits per heavy atom. The quantitative estimate of drug-likeness (QED) is 0.527. The molecular weight excluding hydrogens is 358 g/mol. The number of nitrogens with zero attached hydrogens (tertiary/aromatic N) is 4. The summed E-state index contributed by atoms with van der Waals surface area (Å²) < 4.78 is 11.1. The van der Waals surface area contributed by atoms with Gasteiger partial charge < -0.3 is 9.47 Å². The van der Waals surface area contributed by atoms with Gasteiger partial charge in [0.1, 0.15) is 17.4 Å². The normalized spacial score (nSPS) is 10.5. The van der Waals surface area contributed by atoms with Gasteiger partial charge in [0.2, 0.25) is 0 Å². The first-order chi connectivity index (χ1) is 12.6.